The van der Waals surface area contributed by atoms with E-state index in [1.54, 1.807) is 24.1 Å². The largest absolute Gasteiger partial charge is 0.435 e. The highest BCUT2D eigenvalue weighted by molar-refractivity contribution is 7.97. The molecule has 2 saturated heterocycles. The standard InChI is InChI=1S/C21H30F2N2O2S/c1-16-15-24(12-13-26-16)17-6-7-21(14-17)8-10-25(11-9-21)28-19-4-2-18(3-5-19)27-20(22)23/h2-5,16-17,20H,6-15H2,1H3/t16-,17?/m1/s1. The van der Waals surface area contributed by atoms with E-state index in [2.05, 4.69) is 20.9 Å². The van der Waals surface area contributed by atoms with Crippen LogP contribution in [0.5, 0.6) is 5.75 Å². The van der Waals surface area contributed by atoms with Crippen LogP contribution in [0.15, 0.2) is 29.2 Å². The number of hydrogen-bond acceptors (Lipinski definition) is 5. The van der Waals surface area contributed by atoms with Gasteiger partial charge in [0.2, 0.25) is 0 Å². The summed E-state index contributed by atoms with van der Waals surface area (Å²) in [4.78, 5) is 3.73. The predicted octanol–water partition coefficient (Wildman–Crippen LogP) is 4.65. The van der Waals surface area contributed by atoms with E-state index in [9.17, 15) is 8.78 Å². The summed E-state index contributed by atoms with van der Waals surface area (Å²) in [5.41, 5.74) is 0.512. The monoisotopic (exact) mass is 412 g/mol. The third-order valence-electron chi connectivity index (χ3n) is 6.53. The first-order chi connectivity index (χ1) is 13.5. The molecular formula is C21H30F2N2O2S. The number of benzene rings is 1. The molecular weight excluding hydrogens is 382 g/mol. The smallest absolute Gasteiger partial charge is 0.387 e. The Morgan fingerprint density at radius 3 is 2.57 bits per heavy atom. The van der Waals surface area contributed by atoms with Gasteiger partial charge in [-0.2, -0.15) is 8.78 Å². The van der Waals surface area contributed by atoms with Gasteiger partial charge in [0.15, 0.2) is 0 Å². The van der Waals surface area contributed by atoms with Crippen molar-refractivity contribution in [3.05, 3.63) is 24.3 Å². The zero-order valence-electron chi connectivity index (χ0n) is 16.5. The Labute approximate surface area is 170 Å². The lowest BCUT2D eigenvalue weighted by Crippen LogP contribution is -2.46. The van der Waals surface area contributed by atoms with E-state index in [1.807, 2.05) is 12.1 Å². The molecule has 28 heavy (non-hydrogen) atoms. The van der Waals surface area contributed by atoms with Gasteiger partial charge in [0.1, 0.15) is 5.75 Å². The van der Waals surface area contributed by atoms with Crippen LogP contribution < -0.4 is 4.74 Å². The molecule has 2 aliphatic heterocycles. The number of nitrogens with zero attached hydrogens (tertiary/aromatic N) is 2. The van der Waals surface area contributed by atoms with Crippen LogP contribution in [0.2, 0.25) is 0 Å². The van der Waals surface area contributed by atoms with Gasteiger partial charge in [0.05, 0.1) is 12.7 Å². The molecule has 4 rings (SSSR count). The molecule has 156 valence electrons. The highest BCUT2D eigenvalue weighted by Crippen LogP contribution is 2.49. The fourth-order valence-corrected chi connectivity index (χ4v) is 5.92. The summed E-state index contributed by atoms with van der Waals surface area (Å²) in [6.07, 6.45) is 6.87. The average molecular weight is 413 g/mol. The Bertz CT molecular complexity index is 638. The number of morpholine rings is 1. The molecule has 7 heteroatoms. The van der Waals surface area contributed by atoms with Gasteiger partial charge in [0.25, 0.3) is 0 Å². The fourth-order valence-electron chi connectivity index (χ4n) is 5.00. The van der Waals surface area contributed by atoms with E-state index in [0.717, 1.165) is 43.7 Å². The molecule has 2 atom stereocenters. The number of halogens is 2. The second kappa shape index (κ2) is 8.86. The first-order valence-corrected chi connectivity index (χ1v) is 11.1. The Balaban J connectivity index is 1.25. The van der Waals surface area contributed by atoms with Crippen molar-refractivity contribution >= 4 is 11.9 Å². The van der Waals surface area contributed by atoms with E-state index < -0.39 is 6.61 Å². The van der Waals surface area contributed by atoms with Crippen LogP contribution in [0.4, 0.5) is 8.78 Å². The Morgan fingerprint density at radius 2 is 1.89 bits per heavy atom. The molecule has 0 amide bonds. The van der Waals surface area contributed by atoms with E-state index in [0.29, 0.717) is 11.5 Å². The highest BCUT2D eigenvalue weighted by atomic mass is 32.2. The Kier molecular flexibility index (Phi) is 6.45. The van der Waals surface area contributed by atoms with Crippen LogP contribution in [0.1, 0.15) is 39.0 Å². The minimum absolute atomic E-state index is 0.214. The average Bonchev–Trinajstić information content (AvgIpc) is 3.09. The number of rotatable bonds is 5. The van der Waals surface area contributed by atoms with Gasteiger partial charge in [-0.15, -0.1) is 0 Å². The molecule has 1 unspecified atom stereocenters. The molecule has 0 N–H and O–H groups in total. The molecule has 2 heterocycles. The molecule has 1 aliphatic carbocycles. The summed E-state index contributed by atoms with van der Waals surface area (Å²) in [6.45, 7) is 4.62. The topological polar surface area (TPSA) is 24.9 Å². The molecule has 0 aromatic heterocycles. The van der Waals surface area contributed by atoms with Crippen LogP contribution in [0.25, 0.3) is 0 Å². The second-order valence-electron chi connectivity index (χ2n) is 8.44. The van der Waals surface area contributed by atoms with Crippen molar-refractivity contribution in [1.82, 2.24) is 9.21 Å². The van der Waals surface area contributed by atoms with Crippen molar-refractivity contribution < 1.29 is 18.3 Å². The second-order valence-corrected chi connectivity index (χ2v) is 9.61. The van der Waals surface area contributed by atoms with Crippen LogP contribution in [-0.2, 0) is 4.74 Å². The predicted molar refractivity (Wildman–Crippen MR) is 107 cm³/mol. The van der Waals surface area contributed by atoms with Crippen molar-refractivity contribution in [2.45, 2.75) is 62.7 Å². The van der Waals surface area contributed by atoms with E-state index >= 15 is 0 Å². The molecule has 3 aliphatic rings. The van der Waals surface area contributed by atoms with E-state index in [4.69, 9.17) is 4.74 Å². The van der Waals surface area contributed by atoms with Gasteiger partial charge < -0.3 is 9.47 Å². The zero-order valence-corrected chi connectivity index (χ0v) is 17.3. The molecule has 0 radical (unpaired) electrons. The molecule has 3 fully saturated rings. The van der Waals surface area contributed by atoms with Gasteiger partial charge in [-0.25, -0.2) is 4.31 Å². The van der Waals surface area contributed by atoms with Gasteiger partial charge in [0, 0.05) is 37.1 Å². The van der Waals surface area contributed by atoms with Crippen LogP contribution in [-0.4, -0.2) is 60.7 Å². The van der Waals surface area contributed by atoms with E-state index in [1.165, 1.54) is 32.1 Å². The normalized spacial score (nSPS) is 28.9. The Hall–Kier alpha value is -0.890. The molecule has 1 spiro atoms. The third kappa shape index (κ3) is 4.99. The minimum Gasteiger partial charge on any atom is -0.435 e. The summed E-state index contributed by atoms with van der Waals surface area (Å²) < 4.78 is 37.1. The lowest BCUT2D eigenvalue weighted by molar-refractivity contribution is -0.0498. The molecule has 0 bridgehead atoms. The fraction of sp³-hybridized carbons (Fsp3) is 0.714. The van der Waals surface area contributed by atoms with Crippen LogP contribution >= 0.6 is 11.9 Å². The van der Waals surface area contributed by atoms with Crippen molar-refractivity contribution in [2.75, 3.05) is 32.8 Å². The molecule has 4 nitrogen and oxygen atoms in total. The summed E-state index contributed by atoms with van der Waals surface area (Å²) in [7, 11) is 0. The van der Waals surface area contributed by atoms with Gasteiger partial charge in [-0.3, -0.25) is 4.90 Å². The van der Waals surface area contributed by atoms with Crippen LogP contribution in [0.3, 0.4) is 0 Å². The third-order valence-corrected chi connectivity index (χ3v) is 7.64. The number of ether oxygens (including phenoxy) is 2. The van der Waals surface area contributed by atoms with Crippen LogP contribution in [0, 0.1) is 5.41 Å². The summed E-state index contributed by atoms with van der Waals surface area (Å²) in [5.74, 6) is 0.214. The maximum atomic E-state index is 12.3. The maximum Gasteiger partial charge on any atom is 0.387 e. The Morgan fingerprint density at radius 1 is 1.14 bits per heavy atom. The first-order valence-electron chi connectivity index (χ1n) is 10.3. The van der Waals surface area contributed by atoms with Crippen molar-refractivity contribution in [3.63, 3.8) is 0 Å². The van der Waals surface area contributed by atoms with Crippen molar-refractivity contribution in [3.8, 4) is 5.75 Å². The minimum atomic E-state index is -2.77. The summed E-state index contributed by atoms with van der Waals surface area (Å²) in [5, 5.41) is 0. The number of hydrogen-bond donors (Lipinski definition) is 0. The zero-order chi connectivity index (χ0) is 19.6. The van der Waals surface area contributed by atoms with Crippen molar-refractivity contribution in [1.29, 1.82) is 0 Å². The molecule has 1 saturated carbocycles. The van der Waals surface area contributed by atoms with Crippen molar-refractivity contribution in [2.24, 2.45) is 5.41 Å². The van der Waals surface area contributed by atoms with Gasteiger partial charge >= 0.3 is 6.61 Å². The molecule has 1 aromatic rings. The quantitative estimate of drug-likeness (QED) is 0.656. The first kappa shape index (κ1) is 20.4. The molecule has 1 aromatic carbocycles. The maximum absolute atomic E-state index is 12.3. The lowest BCUT2D eigenvalue weighted by atomic mass is 9.77. The number of piperidine rings is 1. The van der Waals surface area contributed by atoms with Gasteiger partial charge in [-0.05, 0) is 80.7 Å². The van der Waals surface area contributed by atoms with Gasteiger partial charge in [-0.1, -0.05) is 0 Å². The van der Waals surface area contributed by atoms with E-state index in [-0.39, 0.29) is 5.75 Å². The summed E-state index contributed by atoms with van der Waals surface area (Å²) >= 11 is 1.73. The SMILES string of the molecule is C[C@@H]1CN(C2CCC3(CCN(Sc4ccc(OC(F)F)cc4)CC3)C2)CCO1. The lowest BCUT2D eigenvalue weighted by Gasteiger charge is -2.40. The summed E-state index contributed by atoms with van der Waals surface area (Å²) in [6, 6.07) is 7.68. The highest BCUT2D eigenvalue weighted by Gasteiger charge is 2.43. The number of alkyl halides is 2.